The van der Waals surface area contributed by atoms with E-state index in [0.717, 1.165) is 11.1 Å². The number of hydrogen-bond donors (Lipinski definition) is 1. The van der Waals surface area contributed by atoms with Crippen LogP contribution in [0.1, 0.15) is 26.3 Å². The summed E-state index contributed by atoms with van der Waals surface area (Å²) in [6, 6.07) is 9.99. The largest absolute Gasteiger partial charge is 0.386 e. The minimum atomic E-state index is -0.646. The van der Waals surface area contributed by atoms with Crippen molar-refractivity contribution in [2.45, 2.75) is 38.8 Å². The molecule has 2 atom stereocenters. The molecule has 2 rings (SSSR count). The van der Waals surface area contributed by atoms with Crippen molar-refractivity contribution in [2.24, 2.45) is 0 Å². The summed E-state index contributed by atoms with van der Waals surface area (Å²) in [6.07, 6.45) is 0.885. The van der Waals surface area contributed by atoms with E-state index in [4.69, 9.17) is 9.47 Å². The predicted octanol–water partition coefficient (Wildman–Crippen LogP) is 2.60. The molecule has 98 valence electrons. The van der Waals surface area contributed by atoms with Gasteiger partial charge in [0.2, 0.25) is 0 Å². The summed E-state index contributed by atoms with van der Waals surface area (Å²) < 4.78 is 11.1. The van der Waals surface area contributed by atoms with Crippen LogP contribution in [0.2, 0.25) is 0 Å². The first kappa shape index (κ1) is 13.3. The Morgan fingerprint density at radius 3 is 2.61 bits per heavy atom. The molecular weight excluding hydrogens is 228 g/mol. The SMILES string of the molecule is C/C(=C\C(O)[C@H]1COC(C)(C)O1)c1ccccc1. The van der Waals surface area contributed by atoms with Crippen LogP contribution in [0, 0.1) is 0 Å². The summed E-state index contributed by atoms with van der Waals surface area (Å²) in [5.74, 6) is -0.597. The van der Waals surface area contributed by atoms with E-state index in [2.05, 4.69) is 0 Å². The Kier molecular flexibility index (Phi) is 3.85. The van der Waals surface area contributed by atoms with E-state index >= 15 is 0 Å². The quantitative estimate of drug-likeness (QED) is 0.893. The molecule has 0 radical (unpaired) electrons. The van der Waals surface area contributed by atoms with Gasteiger partial charge >= 0.3 is 0 Å². The molecule has 1 fully saturated rings. The normalized spacial score (nSPS) is 25.1. The van der Waals surface area contributed by atoms with Gasteiger partial charge in [0.15, 0.2) is 5.79 Å². The molecule has 3 nitrogen and oxygen atoms in total. The molecule has 1 aliphatic rings. The molecule has 3 heteroatoms. The highest BCUT2D eigenvalue weighted by Gasteiger charge is 2.35. The van der Waals surface area contributed by atoms with E-state index in [1.165, 1.54) is 0 Å². The topological polar surface area (TPSA) is 38.7 Å². The molecular formula is C15H20O3. The number of ether oxygens (including phenoxy) is 2. The van der Waals surface area contributed by atoms with Crippen LogP contribution in [-0.4, -0.2) is 29.7 Å². The fraction of sp³-hybridized carbons (Fsp3) is 0.467. The molecule has 1 aromatic rings. The van der Waals surface area contributed by atoms with Crippen LogP contribution >= 0.6 is 0 Å². The number of aliphatic hydroxyl groups excluding tert-OH is 1. The molecule has 0 amide bonds. The number of aliphatic hydroxyl groups is 1. The molecule has 0 saturated carbocycles. The Bertz CT molecular complexity index is 423. The first-order valence-electron chi connectivity index (χ1n) is 6.22. The summed E-state index contributed by atoms with van der Waals surface area (Å²) in [7, 11) is 0. The maximum Gasteiger partial charge on any atom is 0.163 e. The number of rotatable bonds is 3. The van der Waals surface area contributed by atoms with Crippen LogP contribution in [0.25, 0.3) is 5.57 Å². The third-order valence-corrected chi connectivity index (χ3v) is 3.06. The summed E-state index contributed by atoms with van der Waals surface area (Å²) in [4.78, 5) is 0. The average molecular weight is 248 g/mol. The van der Waals surface area contributed by atoms with Gasteiger partial charge in [-0.15, -0.1) is 0 Å². The second-order valence-corrected chi connectivity index (χ2v) is 5.07. The first-order valence-corrected chi connectivity index (χ1v) is 6.22. The zero-order valence-electron chi connectivity index (χ0n) is 11.1. The van der Waals surface area contributed by atoms with Crippen molar-refractivity contribution in [1.82, 2.24) is 0 Å². The van der Waals surface area contributed by atoms with Crippen molar-refractivity contribution in [2.75, 3.05) is 6.61 Å². The van der Waals surface area contributed by atoms with Crippen LogP contribution in [0.4, 0.5) is 0 Å². The van der Waals surface area contributed by atoms with E-state index in [1.807, 2.05) is 57.2 Å². The lowest BCUT2D eigenvalue weighted by molar-refractivity contribution is -0.147. The zero-order valence-corrected chi connectivity index (χ0v) is 11.1. The molecule has 1 aromatic carbocycles. The predicted molar refractivity (Wildman–Crippen MR) is 71.0 cm³/mol. The minimum absolute atomic E-state index is 0.293. The highest BCUT2D eigenvalue weighted by molar-refractivity contribution is 5.63. The molecule has 1 unspecified atom stereocenters. The Labute approximate surface area is 108 Å². The summed E-state index contributed by atoms with van der Waals surface area (Å²) in [5, 5.41) is 10.1. The van der Waals surface area contributed by atoms with Crippen molar-refractivity contribution in [1.29, 1.82) is 0 Å². The second-order valence-electron chi connectivity index (χ2n) is 5.07. The van der Waals surface area contributed by atoms with Gasteiger partial charge in [-0.3, -0.25) is 0 Å². The van der Waals surface area contributed by atoms with Crippen molar-refractivity contribution in [3.8, 4) is 0 Å². The minimum Gasteiger partial charge on any atom is -0.386 e. The highest BCUT2D eigenvalue weighted by atomic mass is 16.7. The van der Waals surface area contributed by atoms with Crippen molar-refractivity contribution in [3.63, 3.8) is 0 Å². The van der Waals surface area contributed by atoms with Gasteiger partial charge in [-0.25, -0.2) is 0 Å². The molecule has 1 saturated heterocycles. The number of benzene rings is 1. The Hall–Kier alpha value is -1.16. The smallest absolute Gasteiger partial charge is 0.163 e. The standard InChI is InChI=1S/C15H20O3/c1-11(12-7-5-4-6-8-12)9-13(16)14-10-17-15(2,3)18-14/h4-9,13-14,16H,10H2,1-3H3/b11-9+/t13?,14-/m1/s1. The molecule has 1 aliphatic heterocycles. The van der Waals surface area contributed by atoms with Crippen LogP contribution in [0.5, 0.6) is 0 Å². The van der Waals surface area contributed by atoms with Gasteiger partial charge in [0.1, 0.15) is 12.2 Å². The van der Waals surface area contributed by atoms with Gasteiger partial charge in [-0.2, -0.15) is 0 Å². The average Bonchev–Trinajstić information content (AvgIpc) is 2.71. The van der Waals surface area contributed by atoms with Crippen LogP contribution in [0.15, 0.2) is 36.4 Å². The van der Waals surface area contributed by atoms with Crippen LogP contribution in [0.3, 0.4) is 0 Å². The van der Waals surface area contributed by atoms with E-state index in [-0.39, 0.29) is 6.10 Å². The molecule has 0 aromatic heterocycles. The van der Waals surface area contributed by atoms with E-state index in [9.17, 15) is 5.11 Å². The third kappa shape index (κ3) is 3.19. The molecule has 1 N–H and O–H groups in total. The molecule has 0 spiro atoms. The van der Waals surface area contributed by atoms with Crippen molar-refractivity contribution in [3.05, 3.63) is 42.0 Å². The van der Waals surface area contributed by atoms with Crippen LogP contribution < -0.4 is 0 Å². The fourth-order valence-corrected chi connectivity index (χ4v) is 2.04. The molecule has 18 heavy (non-hydrogen) atoms. The first-order chi connectivity index (χ1) is 8.48. The maximum atomic E-state index is 10.1. The third-order valence-electron chi connectivity index (χ3n) is 3.06. The lowest BCUT2D eigenvalue weighted by atomic mass is 10.0. The zero-order chi connectivity index (χ0) is 13.2. The summed E-state index contributed by atoms with van der Waals surface area (Å²) >= 11 is 0. The second kappa shape index (κ2) is 5.22. The number of hydrogen-bond acceptors (Lipinski definition) is 3. The summed E-state index contributed by atoms with van der Waals surface area (Å²) in [6.45, 7) is 6.12. The van der Waals surface area contributed by atoms with Gasteiger partial charge in [-0.1, -0.05) is 30.3 Å². The maximum absolute atomic E-state index is 10.1. The monoisotopic (exact) mass is 248 g/mol. The van der Waals surface area contributed by atoms with Gasteiger partial charge in [0.05, 0.1) is 6.61 Å². The van der Waals surface area contributed by atoms with Gasteiger partial charge in [-0.05, 0) is 38.0 Å². The Morgan fingerprint density at radius 2 is 2.06 bits per heavy atom. The molecule has 0 aliphatic carbocycles. The Balaban J connectivity index is 2.05. The van der Waals surface area contributed by atoms with Crippen molar-refractivity contribution < 1.29 is 14.6 Å². The van der Waals surface area contributed by atoms with E-state index < -0.39 is 11.9 Å². The van der Waals surface area contributed by atoms with Crippen molar-refractivity contribution >= 4 is 5.57 Å². The lowest BCUT2D eigenvalue weighted by Crippen LogP contribution is -2.29. The number of allylic oxidation sites excluding steroid dienone is 1. The summed E-state index contributed by atoms with van der Waals surface area (Å²) in [5.41, 5.74) is 2.14. The van der Waals surface area contributed by atoms with Crippen LogP contribution in [-0.2, 0) is 9.47 Å². The van der Waals surface area contributed by atoms with Gasteiger partial charge in [0.25, 0.3) is 0 Å². The molecule has 1 heterocycles. The molecule has 0 bridgehead atoms. The fourth-order valence-electron chi connectivity index (χ4n) is 2.04. The van der Waals surface area contributed by atoms with Gasteiger partial charge < -0.3 is 14.6 Å². The Morgan fingerprint density at radius 1 is 1.39 bits per heavy atom. The highest BCUT2D eigenvalue weighted by Crippen LogP contribution is 2.25. The van der Waals surface area contributed by atoms with Gasteiger partial charge in [0, 0.05) is 0 Å². The van der Waals surface area contributed by atoms with E-state index in [0.29, 0.717) is 6.61 Å². The lowest BCUT2D eigenvalue weighted by Gasteiger charge is -2.19. The van der Waals surface area contributed by atoms with E-state index in [1.54, 1.807) is 0 Å².